The first kappa shape index (κ1) is 15.1. The van der Waals surface area contributed by atoms with Crippen LogP contribution in [0.15, 0.2) is 12.1 Å². The van der Waals surface area contributed by atoms with Crippen molar-refractivity contribution < 1.29 is 14.7 Å². The first-order chi connectivity index (χ1) is 9.23. The lowest BCUT2D eigenvalue weighted by molar-refractivity contribution is -0.121. The molecule has 4 N–H and O–H groups in total. The van der Waals surface area contributed by atoms with Crippen molar-refractivity contribution in [2.45, 2.75) is 25.3 Å². The second-order valence-corrected chi connectivity index (χ2v) is 5.97. The fourth-order valence-electron chi connectivity index (χ4n) is 1.99. The number of carboxylic acid groups (broad SMARTS) is 1. The van der Waals surface area contributed by atoms with Crippen molar-refractivity contribution in [1.29, 1.82) is 0 Å². The molecular weight excluding hydrogens is 303 g/mol. The van der Waals surface area contributed by atoms with Crippen LogP contribution < -0.4 is 11.1 Å². The summed E-state index contributed by atoms with van der Waals surface area (Å²) in [6.07, 6.45) is 1.78. The Balaban J connectivity index is 2.33. The standard InChI is InChI=1S/C13H14Cl2N2O3/c1-13(16,6-2-3-6)12(20)17-10-8(11(18)19)4-7(14)5-9(10)15/h4-6H,2-3,16H2,1H3,(H,17,20)(H,18,19). The Morgan fingerprint density at radius 2 is 2.00 bits per heavy atom. The summed E-state index contributed by atoms with van der Waals surface area (Å²) in [5.41, 5.74) is 4.80. The zero-order valence-corrected chi connectivity index (χ0v) is 12.3. The van der Waals surface area contributed by atoms with Crippen LogP contribution in [-0.4, -0.2) is 22.5 Å². The maximum atomic E-state index is 12.2. The SMILES string of the molecule is CC(N)(C(=O)Nc1c(Cl)cc(Cl)cc1C(=O)O)C1CC1. The van der Waals surface area contributed by atoms with E-state index in [0.717, 1.165) is 12.8 Å². The van der Waals surface area contributed by atoms with Crippen molar-refractivity contribution in [3.05, 3.63) is 27.7 Å². The number of rotatable bonds is 4. The van der Waals surface area contributed by atoms with E-state index in [9.17, 15) is 9.59 Å². The highest BCUT2D eigenvalue weighted by Crippen LogP contribution is 2.39. The van der Waals surface area contributed by atoms with Crippen LogP contribution in [0.25, 0.3) is 0 Å². The lowest BCUT2D eigenvalue weighted by Gasteiger charge is -2.24. The molecule has 1 unspecified atom stereocenters. The van der Waals surface area contributed by atoms with Crippen LogP contribution in [-0.2, 0) is 4.79 Å². The van der Waals surface area contributed by atoms with E-state index in [2.05, 4.69) is 5.32 Å². The number of halogens is 2. The average molecular weight is 317 g/mol. The summed E-state index contributed by atoms with van der Waals surface area (Å²) in [5.74, 6) is -1.57. The highest BCUT2D eigenvalue weighted by molar-refractivity contribution is 6.37. The van der Waals surface area contributed by atoms with Gasteiger partial charge in [-0.05, 0) is 37.8 Å². The molecule has 7 heteroatoms. The van der Waals surface area contributed by atoms with E-state index in [1.807, 2.05) is 0 Å². The van der Waals surface area contributed by atoms with Crippen LogP contribution in [0.1, 0.15) is 30.1 Å². The monoisotopic (exact) mass is 316 g/mol. The van der Waals surface area contributed by atoms with Gasteiger partial charge >= 0.3 is 5.97 Å². The summed E-state index contributed by atoms with van der Waals surface area (Å²) >= 11 is 11.7. The second-order valence-electron chi connectivity index (χ2n) is 5.13. The molecule has 1 aliphatic rings. The molecule has 1 fully saturated rings. The smallest absolute Gasteiger partial charge is 0.337 e. The molecule has 1 amide bonds. The first-order valence-corrected chi connectivity index (χ1v) is 6.81. The van der Waals surface area contributed by atoms with Crippen molar-refractivity contribution >= 4 is 40.8 Å². The summed E-state index contributed by atoms with van der Waals surface area (Å²) in [6.45, 7) is 1.63. The van der Waals surface area contributed by atoms with Crippen LogP contribution in [0.4, 0.5) is 5.69 Å². The van der Waals surface area contributed by atoms with Gasteiger partial charge in [0.1, 0.15) is 0 Å². The van der Waals surface area contributed by atoms with Gasteiger partial charge in [0.15, 0.2) is 0 Å². The molecule has 0 aromatic heterocycles. The normalized spacial score (nSPS) is 17.4. The van der Waals surface area contributed by atoms with E-state index in [1.165, 1.54) is 12.1 Å². The molecular formula is C13H14Cl2N2O3. The number of carbonyl (C=O) groups excluding carboxylic acids is 1. The van der Waals surface area contributed by atoms with E-state index < -0.39 is 17.4 Å². The summed E-state index contributed by atoms with van der Waals surface area (Å²) in [5, 5.41) is 11.9. The van der Waals surface area contributed by atoms with E-state index in [1.54, 1.807) is 6.92 Å². The van der Waals surface area contributed by atoms with Gasteiger partial charge in [0.2, 0.25) is 5.91 Å². The number of nitrogens with two attached hydrogens (primary N) is 1. The zero-order chi connectivity index (χ0) is 15.1. The van der Waals surface area contributed by atoms with Gasteiger partial charge in [-0.2, -0.15) is 0 Å². The van der Waals surface area contributed by atoms with Crippen LogP contribution in [0.5, 0.6) is 0 Å². The molecule has 108 valence electrons. The highest BCUT2D eigenvalue weighted by Gasteiger charge is 2.44. The van der Waals surface area contributed by atoms with Gasteiger partial charge in [0.25, 0.3) is 0 Å². The summed E-state index contributed by atoms with van der Waals surface area (Å²) in [7, 11) is 0. The van der Waals surface area contributed by atoms with Gasteiger partial charge in [-0.3, -0.25) is 4.79 Å². The maximum Gasteiger partial charge on any atom is 0.337 e. The van der Waals surface area contributed by atoms with Crippen LogP contribution in [0, 0.1) is 5.92 Å². The zero-order valence-electron chi connectivity index (χ0n) is 10.7. The number of hydrogen-bond acceptors (Lipinski definition) is 3. The topological polar surface area (TPSA) is 92.4 Å². The Hall–Kier alpha value is -1.30. The van der Waals surface area contributed by atoms with Gasteiger partial charge in [-0.25, -0.2) is 4.79 Å². The summed E-state index contributed by atoms with van der Waals surface area (Å²) in [4.78, 5) is 23.4. The number of amides is 1. The Bertz CT molecular complexity index is 583. The van der Waals surface area contributed by atoms with Gasteiger partial charge in [-0.15, -0.1) is 0 Å². The molecule has 1 saturated carbocycles. The summed E-state index contributed by atoms with van der Waals surface area (Å²) < 4.78 is 0. The number of carboxylic acids is 1. The van der Waals surface area contributed by atoms with Crippen LogP contribution in [0.2, 0.25) is 10.0 Å². The largest absolute Gasteiger partial charge is 0.478 e. The molecule has 0 heterocycles. The lowest BCUT2D eigenvalue weighted by atomic mass is 9.96. The third-order valence-corrected chi connectivity index (χ3v) is 3.95. The first-order valence-electron chi connectivity index (χ1n) is 6.06. The predicted molar refractivity (Wildman–Crippen MR) is 77.4 cm³/mol. The number of benzene rings is 1. The Labute approximate surface area is 126 Å². The molecule has 1 aromatic rings. The highest BCUT2D eigenvalue weighted by atomic mass is 35.5. The van der Waals surface area contributed by atoms with Crippen molar-refractivity contribution in [3.8, 4) is 0 Å². The van der Waals surface area contributed by atoms with Crippen molar-refractivity contribution in [1.82, 2.24) is 0 Å². The minimum absolute atomic E-state index is 0.0193. The number of hydrogen-bond donors (Lipinski definition) is 3. The minimum atomic E-state index is -1.23. The van der Waals surface area contributed by atoms with E-state index >= 15 is 0 Å². The average Bonchev–Trinajstić information content (AvgIpc) is 3.15. The molecule has 1 aliphatic carbocycles. The number of anilines is 1. The molecule has 5 nitrogen and oxygen atoms in total. The number of nitrogens with one attached hydrogen (secondary N) is 1. The van der Waals surface area contributed by atoms with Gasteiger partial charge in [0, 0.05) is 5.02 Å². The van der Waals surface area contributed by atoms with Gasteiger partial charge in [-0.1, -0.05) is 23.2 Å². The minimum Gasteiger partial charge on any atom is -0.478 e. The van der Waals surface area contributed by atoms with Crippen molar-refractivity contribution in [2.24, 2.45) is 11.7 Å². The molecule has 0 saturated heterocycles. The lowest BCUT2D eigenvalue weighted by Crippen LogP contribution is -2.50. The molecule has 1 atom stereocenters. The fraction of sp³-hybridized carbons (Fsp3) is 0.385. The van der Waals surface area contributed by atoms with Gasteiger partial charge in [0.05, 0.1) is 21.8 Å². The third kappa shape index (κ3) is 2.90. The fourth-order valence-corrected chi connectivity index (χ4v) is 2.53. The second kappa shape index (κ2) is 5.24. The van der Waals surface area contributed by atoms with Gasteiger partial charge < -0.3 is 16.2 Å². The van der Waals surface area contributed by atoms with Crippen molar-refractivity contribution in [2.75, 3.05) is 5.32 Å². The molecule has 0 bridgehead atoms. The molecule has 0 spiro atoms. The third-order valence-electron chi connectivity index (χ3n) is 3.44. The van der Waals surface area contributed by atoms with Crippen molar-refractivity contribution in [3.63, 3.8) is 0 Å². The molecule has 0 radical (unpaired) electrons. The quantitative estimate of drug-likeness (QED) is 0.796. The maximum absolute atomic E-state index is 12.2. The van der Waals surface area contributed by atoms with E-state index in [0.29, 0.717) is 0 Å². The Morgan fingerprint density at radius 1 is 1.40 bits per heavy atom. The van der Waals surface area contributed by atoms with E-state index in [-0.39, 0.29) is 27.2 Å². The molecule has 0 aliphatic heterocycles. The Morgan fingerprint density at radius 3 is 2.50 bits per heavy atom. The molecule has 1 aromatic carbocycles. The number of carbonyl (C=O) groups is 2. The van der Waals surface area contributed by atoms with Crippen LogP contribution in [0.3, 0.4) is 0 Å². The number of aromatic carboxylic acids is 1. The molecule has 20 heavy (non-hydrogen) atoms. The predicted octanol–water partition coefficient (Wildman–Crippen LogP) is 2.76. The summed E-state index contributed by atoms with van der Waals surface area (Å²) in [6, 6.07) is 2.60. The van der Waals surface area contributed by atoms with Crippen LogP contribution >= 0.6 is 23.2 Å². The molecule has 2 rings (SSSR count). The van der Waals surface area contributed by atoms with E-state index in [4.69, 9.17) is 34.0 Å². The Kier molecular flexibility index (Phi) is 3.95.